The van der Waals surface area contributed by atoms with Crippen LogP contribution in [0.2, 0.25) is 0 Å². The third-order valence-electron chi connectivity index (χ3n) is 5.90. The Morgan fingerprint density at radius 1 is 1.16 bits per heavy atom. The number of aromatic nitrogens is 6. The van der Waals surface area contributed by atoms with Crippen molar-refractivity contribution < 1.29 is 22.3 Å². The lowest BCUT2D eigenvalue weighted by molar-refractivity contribution is 0.391. The molecule has 1 aromatic carbocycles. The Balaban J connectivity index is 1.56. The summed E-state index contributed by atoms with van der Waals surface area (Å²) in [6.45, 7) is 1.50. The summed E-state index contributed by atoms with van der Waals surface area (Å²) < 4.78 is 55.0. The Labute approximate surface area is 216 Å². The zero-order valence-corrected chi connectivity index (χ0v) is 21.9. The van der Waals surface area contributed by atoms with E-state index >= 15 is 0 Å². The van der Waals surface area contributed by atoms with Crippen LogP contribution in [0.15, 0.2) is 36.0 Å². The maximum Gasteiger partial charge on any atom is 0.243 e. The average molecular weight is 546 g/mol. The minimum atomic E-state index is -4.00. The number of halogens is 1. The largest absolute Gasteiger partial charge is 0.494 e. The topological polar surface area (TPSA) is 134 Å². The fourth-order valence-corrected chi connectivity index (χ4v) is 5.58. The van der Waals surface area contributed by atoms with E-state index < -0.39 is 21.1 Å². The van der Waals surface area contributed by atoms with E-state index in [4.69, 9.17) is 14.5 Å². The minimum absolute atomic E-state index is 0.0359. The van der Waals surface area contributed by atoms with Gasteiger partial charge in [-0.3, -0.25) is 9.29 Å². The van der Waals surface area contributed by atoms with E-state index in [0.717, 1.165) is 30.9 Å². The first-order chi connectivity index (χ1) is 17.8. The summed E-state index contributed by atoms with van der Waals surface area (Å²) in [7, 11) is -0.993. The maximum atomic E-state index is 13.3. The Kier molecular flexibility index (Phi) is 6.77. The second-order valence-electron chi connectivity index (χ2n) is 8.52. The molecule has 3 aromatic heterocycles. The molecule has 1 N–H and O–H groups in total. The van der Waals surface area contributed by atoms with Crippen LogP contribution < -0.4 is 14.2 Å². The normalized spacial score (nSPS) is 14.4. The van der Waals surface area contributed by atoms with Gasteiger partial charge in [0, 0.05) is 17.7 Å². The molecule has 37 heavy (non-hydrogen) atoms. The van der Waals surface area contributed by atoms with Gasteiger partial charge in [-0.2, -0.15) is 0 Å². The standard InChI is InChI=1S/C23H24FN7O4S2/c1-13(9-19-25-10-15(24)11-26-19)37(32,33)30-23-29-28-21(22-27-16(12-36-22)14-7-8-14)31(23)20-17(34-2)5-4-6-18(20)35-3/h4-6,10-14H,7-9H2,1-3H3,(H,29,30)/t13-/m0/s1. The number of sulfonamides is 1. The molecule has 0 radical (unpaired) electrons. The number of rotatable bonds is 10. The highest BCUT2D eigenvalue weighted by Gasteiger charge is 2.31. The number of nitrogens with one attached hydrogen (secondary N) is 1. The molecule has 1 fully saturated rings. The summed E-state index contributed by atoms with van der Waals surface area (Å²) in [5.41, 5.74) is 1.40. The molecule has 0 unspecified atom stereocenters. The Hall–Kier alpha value is -3.65. The van der Waals surface area contributed by atoms with Crippen LogP contribution in [0.5, 0.6) is 11.5 Å². The van der Waals surface area contributed by atoms with Crippen molar-refractivity contribution in [2.24, 2.45) is 0 Å². The number of benzene rings is 1. The van der Waals surface area contributed by atoms with E-state index in [1.807, 2.05) is 5.38 Å². The molecular formula is C23H24FN7O4S2. The summed E-state index contributed by atoms with van der Waals surface area (Å²) >= 11 is 1.41. The molecule has 1 aliphatic carbocycles. The molecular weight excluding hydrogens is 521 g/mol. The lowest BCUT2D eigenvalue weighted by atomic mass is 10.2. The number of para-hydroxylation sites is 1. The molecule has 3 heterocycles. The second-order valence-corrected chi connectivity index (χ2v) is 11.5. The molecule has 1 atom stereocenters. The van der Waals surface area contributed by atoms with Crippen molar-refractivity contribution in [2.45, 2.75) is 37.4 Å². The summed E-state index contributed by atoms with van der Waals surface area (Å²) in [6, 6.07) is 5.21. The van der Waals surface area contributed by atoms with Crippen LogP contribution in [-0.4, -0.2) is 57.6 Å². The molecule has 4 aromatic rings. The van der Waals surface area contributed by atoms with Crippen molar-refractivity contribution in [2.75, 3.05) is 18.9 Å². The van der Waals surface area contributed by atoms with Crippen LogP contribution in [0.1, 0.15) is 37.2 Å². The highest BCUT2D eigenvalue weighted by atomic mass is 32.2. The zero-order chi connectivity index (χ0) is 26.2. The van der Waals surface area contributed by atoms with Crippen LogP contribution >= 0.6 is 11.3 Å². The number of nitrogens with zero attached hydrogens (tertiary/aromatic N) is 6. The average Bonchev–Trinajstić information content (AvgIpc) is 3.49. The number of hydrogen-bond donors (Lipinski definition) is 1. The van der Waals surface area contributed by atoms with Gasteiger partial charge in [-0.15, -0.1) is 21.5 Å². The number of ether oxygens (including phenoxy) is 2. The number of thiazole rings is 1. The van der Waals surface area contributed by atoms with Crippen molar-refractivity contribution in [1.29, 1.82) is 0 Å². The zero-order valence-electron chi connectivity index (χ0n) is 20.3. The van der Waals surface area contributed by atoms with E-state index in [1.54, 1.807) is 18.2 Å². The van der Waals surface area contributed by atoms with E-state index in [1.165, 1.54) is 37.0 Å². The van der Waals surface area contributed by atoms with E-state index in [-0.39, 0.29) is 18.2 Å². The first kappa shape index (κ1) is 25.0. The SMILES string of the molecule is COc1cccc(OC)c1-n1c(NS(=O)(=O)[C@@H](C)Cc2ncc(F)cn2)nnc1-c1nc(C2CC2)cs1. The van der Waals surface area contributed by atoms with Gasteiger partial charge in [0.1, 0.15) is 23.0 Å². The maximum absolute atomic E-state index is 13.3. The smallest absolute Gasteiger partial charge is 0.243 e. The lowest BCUT2D eigenvalue weighted by Crippen LogP contribution is -2.29. The van der Waals surface area contributed by atoms with Crippen LogP contribution in [0.4, 0.5) is 10.3 Å². The molecule has 0 aliphatic heterocycles. The Bertz CT molecular complexity index is 1500. The molecule has 0 amide bonds. The van der Waals surface area contributed by atoms with Gasteiger partial charge in [0.05, 0.1) is 37.6 Å². The highest BCUT2D eigenvalue weighted by Crippen LogP contribution is 2.43. The van der Waals surface area contributed by atoms with Crippen LogP contribution in [-0.2, 0) is 16.4 Å². The monoisotopic (exact) mass is 545 g/mol. The Morgan fingerprint density at radius 3 is 2.46 bits per heavy atom. The fourth-order valence-electron chi connectivity index (χ4n) is 3.75. The Morgan fingerprint density at radius 2 is 1.84 bits per heavy atom. The first-order valence-corrected chi connectivity index (χ1v) is 13.8. The van der Waals surface area contributed by atoms with Gasteiger partial charge in [0.2, 0.25) is 16.0 Å². The molecule has 1 saturated carbocycles. The number of methoxy groups -OCH3 is 2. The minimum Gasteiger partial charge on any atom is -0.494 e. The van der Waals surface area contributed by atoms with Gasteiger partial charge in [-0.1, -0.05) is 6.07 Å². The molecule has 11 nitrogen and oxygen atoms in total. The predicted molar refractivity (Wildman–Crippen MR) is 135 cm³/mol. The molecule has 1 aliphatic rings. The van der Waals surface area contributed by atoms with Gasteiger partial charge < -0.3 is 9.47 Å². The van der Waals surface area contributed by atoms with Gasteiger partial charge in [0.15, 0.2) is 16.6 Å². The quantitative estimate of drug-likeness (QED) is 0.317. The van der Waals surface area contributed by atoms with Crippen molar-refractivity contribution in [1.82, 2.24) is 29.7 Å². The van der Waals surface area contributed by atoms with Crippen molar-refractivity contribution in [3.05, 3.63) is 53.3 Å². The molecule has 0 saturated heterocycles. The van der Waals surface area contributed by atoms with Crippen molar-refractivity contribution >= 4 is 27.3 Å². The van der Waals surface area contributed by atoms with Crippen molar-refractivity contribution in [3.8, 4) is 28.0 Å². The van der Waals surface area contributed by atoms with Gasteiger partial charge in [-0.05, 0) is 31.9 Å². The van der Waals surface area contributed by atoms with Gasteiger partial charge in [-0.25, -0.2) is 27.8 Å². The fraction of sp³-hybridized carbons (Fsp3) is 0.348. The second kappa shape index (κ2) is 10.0. The van der Waals surface area contributed by atoms with Crippen LogP contribution in [0, 0.1) is 5.82 Å². The summed E-state index contributed by atoms with van der Waals surface area (Å²) in [5, 5.41) is 10.1. The van der Waals surface area contributed by atoms with Crippen LogP contribution in [0.25, 0.3) is 16.5 Å². The first-order valence-electron chi connectivity index (χ1n) is 11.4. The molecule has 194 valence electrons. The van der Waals surface area contributed by atoms with Crippen LogP contribution in [0.3, 0.4) is 0 Å². The summed E-state index contributed by atoms with van der Waals surface area (Å²) in [5.74, 6) is 1.16. The van der Waals surface area contributed by atoms with Gasteiger partial charge in [0.25, 0.3) is 0 Å². The van der Waals surface area contributed by atoms with E-state index in [9.17, 15) is 12.8 Å². The number of hydrogen-bond acceptors (Lipinski definition) is 10. The van der Waals surface area contributed by atoms with Crippen molar-refractivity contribution in [3.63, 3.8) is 0 Å². The lowest BCUT2D eigenvalue weighted by Gasteiger charge is -2.18. The molecule has 14 heteroatoms. The summed E-state index contributed by atoms with van der Waals surface area (Å²) in [6.07, 6.45) is 4.14. The number of anilines is 1. The van der Waals surface area contributed by atoms with Gasteiger partial charge >= 0.3 is 0 Å². The molecule has 0 spiro atoms. The predicted octanol–water partition coefficient (Wildman–Crippen LogP) is 3.59. The molecule has 0 bridgehead atoms. The summed E-state index contributed by atoms with van der Waals surface area (Å²) in [4.78, 5) is 12.5. The molecule has 5 rings (SSSR count). The highest BCUT2D eigenvalue weighted by molar-refractivity contribution is 7.93. The van der Waals surface area contributed by atoms with E-state index in [2.05, 4.69) is 24.9 Å². The van der Waals surface area contributed by atoms with E-state index in [0.29, 0.717) is 33.9 Å². The third-order valence-corrected chi connectivity index (χ3v) is 8.45. The third kappa shape index (κ3) is 5.11.